The molecule has 0 aliphatic carbocycles. The van der Waals surface area contributed by atoms with E-state index in [0.717, 1.165) is 13.0 Å². The highest BCUT2D eigenvalue weighted by molar-refractivity contribution is 5.90. The fraction of sp³-hybridized carbons (Fsp3) is 0.615. The quantitative estimate of drug-likeness (QED) is 0.803. The van der Waals surface area contributed by atoms with Gasteiger partial charge < -0.3 is 14.8 Å². The maximum absolute atomic E-state index is 11.6. The van der Waals surface area contributed by atoms with Crippen LogP contribution < -0.4 is 10.1 Å². The second kappa shape index (κ2) is 6.47. The highest BCUT2D eigenvalue weighted by Crippen LogP contribution is 2.12. The van der Waals surface area contributed by atoms with Gasteiger partial charge in [0.25, 0.3) is 0 Å². The molecule has 0 radical (unpaired) electrons. The first-order valence-corrected chi connectivity index (χ1v) is 6.57. The van der Waals surface area contributed by atoms with Crippen LogP contribution in [-0.2, 0) is 4.74 Å². The van der Waals surface area contributed by atoms with Gasteiger partial charge in [0.15, 0.2) is 0 Å². The number of hydrogen-bond donors (Lipinski definition) is 1. The molecule has 6 heteroatoms. The van der Waals surface area contributed by atoms with Gasteiger partial charge in [0.05, 0.1) is 17.9 Å². The monoisotopic (exact) mass is 265 g/mol. The van der Waals surface area contributed by atoms with Crippen molar-refractivity contribution in [1.29, 1.82) is 0 Å². The molecule has 0 amide bonds. The zero-order valence-electron chi connectivity index (χ0n) is 11.3. The molecule has 1 N–H and O–H groups in total. The first-order chi connectivity index (χ1) is 9.20. The van der Waals surface area contributed by atoms with Crippen molar-refractivity contribution in [3.63, 3.8) is 0 Å². The van der Waals surface area contributed by atoms with Crippen molar-refractivity contribution >= 4 is 5.97 Å². The smallest absolute Gasteiger partial charge is 0.341 e. The van der Waals surface area contributed by atoms with E-state index in [1.807, 2.05) is 0 Å². The molecule has 1 aromatic heterocycles. The van der Waals surface area contributed by atoms with Crippen LogP contribution in [0.1, 0.15) is 35.8 Å². The lowest BCUT2D eigenvalue weighted by molar-refractivity contribution is 0.0524. The van der Waals surface area contributed by atoms with Crippen LogP contribution >= 0.6 is 0 Å². The standard InChI is InChI=1S/C13H19N3O3/c1-3-18-12(17)11-7-15-13(16-9(11)2)19-8-10-5-4-6-14-10/h7,10,14H,3-6,8H2,1-2H3. The fourth-order valence-corrected chi connectivity index (χ4v) is 2.00. The Morgan fingerprint density at radius 3 is 3.05 bits per heavy atom. The molecule has 1 aliphatic heterocycles. The van der Waals surface area contributed by atoms with Crippen molar-refractivity contribution in [3.05, 3.63) is 17.5 Å². The van der Waals surface area contributed by atoms with Gasteiger partial charge in [-0.15, -0.1) is 0 Å². The van der Waals surface area contributed by atoms with Gasteiger partial charge in [-0.25, -0.2) is 9.78 Å². The van der Waals surface area contributed by atoms with E-state index in [0.29, 0.717) is 36.5 Å². The average molecular weight is 265 g/mol. The van der Waals surface area contributed by atoms with Crippen LogP contribution in [0.4, 0.5) is 0 Å². The molecule has 2 heterocycles. The minimum absolute atomic E-state index is 0.305. The van der Waals surface area contributed by atoms with Gasteiger partial charge in [0, 0.05) is 12.2 Å². The van der Waals surface area contributed by atoms with Gasteiger partial charge in [0.1, 0.15) is 6.61 Å². The molecular formula is C13H19N3O3. The summed E-state index contributed by atoms with van der Waals surface area (Å²) in [6.07, 6.45) is 3.74. The lowest BCUT2D eigenvalue weighted by Crippen LogP contribution is -2.28. The largest absolute Gasteiger partial charge is 0.462 e. The third-order valence-corrected chi connectivity index (χ3v) is 3.03. The molecular weight excluding hydrogens is 246 g/mol. The van der Waals surface area contributed by atoms with Crippen molar-refractivity contribution in [2.24, 2.45) is 0 Å². The molecule has 19 heavy (non-hydrogen) atoms. The highest BCUT2D eigenvalue weighted by Gasteiger charge is 2.16. The summed E-state index contributed by atoms with van der Waals surface area (Å²) in [5.74, 6) is -0.399. The fourth-order valence-electron chi connectivity index (χ4n) is 2.00. The van der Waals surface area contributed by atoms with Crippen molar-refractivity contribution in [3.8, 4) is 6.01 Å². The maximum atomic E-state index is 11.6. The van der Waals surface area contributed by atoms with Crippen LogP contribution in [0.5, 0.6) is 6.01 Å². The number of nitrogens with zero attached hydrogens (tertiary/aromatic N) is 2. The van der Waals surface area contributed by atoms with Crippen LogP contribution in [0, 0.1) is 6.92 Å². The summed E-state index contributed by atoms with van der Waals surface area (Å²) in [5.41, 5.74) is 0.955. The van der Waals surface area contributed by atoms with E-state index in [2.05, 4.69) is 15.3 Å². The minimum Gasteiger partial charge on any atom is -0.462 e. The Hall–Kier alpha value is -1.69. The highest BCUT2D eigenvalue weighted by atomic mass is 16.5. The zero-order valence-corrected chi connectivity index (χ0v) is 11.3. The molecule has 1 aliphatic rings. The number of hydrogen-bond acceptors (Lipinski definition) is 6. The summed E-state index contributed by atoms with van der Waals surface area (Å²) in [6, 6.07) is 0.674. The Bertz CT molecular complexity index is 445. The van der Waals surface area contributed by atoms with E-state index in [1.165, 1.54) is 12.6 Å². The zero-order chi connectivity index (χ0) is 13.7. The Kier molecular flexibility index (Phi) is 4.68. The summed E-state index contributed by atoms with van der Waals surface area (Å²) >= 11 is 0. The topological polar surface area (TPSA) is 73.3 Å². The van der Waals surface area contributed by atoms with Crippen LogP contribution in [0.2, 0.25) is 0 Å². The number of aryl methyl sites for hydroxylation is 1. The molecule has 0 saturated carbocycles. The van der Waals surface area contributed by atoms with E-state index >= 15 is 0 Å². The van der Waals surface area contributed by atoms with Crippen molar-refractivity contribution < 1.29 is 14.3 Å². The van der Waals surface area contributed by atoms with Gasteiger partial charge in [-0.05, 0) is 33.2 Å². The summed E-state index contributed by atoms with van der Waals surface area (Å²) in [5, 5.41) is 3.33. The Morgan fingerprint density at radius 2 is 2.42 bits per heavy atom. The number of carbonyl (C=O) groups excluding carboxylic acids is 1. The first-order valence-electron chi connectivity index (χ1n) is 6.57. The number of aromatic nitrogens is 2. The normalized spacial score (nSPS) is 18.3. The van der Waals surface area contributed by atoms with E-state index in [1.54, 1.807) is 13.8 Å². The molecule has 1 unspecified atom stereocenters. The molecule has 2 rings (SSSR count). The van der Waals surface area contributed by atoms with Crippen LogP contribution in [-0.4, -0.2) is 41.7 Å². The molecule has 6 nitrogen and oxygen atoms in total. The van der Waals surface area contributed by atoms with Gasteiger partial charge >= 0.3 is 12.0 Å². The molecule has 1 atom stereocenters. The second-order valence-corrected chi connectivity index (χ2v) is 4.48. The number of ether oxygens (including phenoxy) is 2. The minimum atomic E-state index is -0.399. The number of carbonyl (C=O) groups is 1. The van der Waals surface area contributed by atoms with Crippen molar-refractivity contribution in [2.45, 2.75) is 32.7 Å². The number of nitrogens with one attached hydrogen (secondary N) is 1. The molecule has 0 aromatic carbocycles. The van der Waals surface area contributed by atoms with E-state index in [-0.39, 0.29) is 0 Å². The van der Waals surface area contributed by atoms with Gasteiger partial charge in [-0.1, -0.05) is 0 Å². The van der Waals surface area contributed by atoms with Gasteiger partial charge in [-0.2, -0.15) is 4.98 Å². The van der Waals surface area contributed by atoms with Crippen LogP contribution in [0.25, 0.3) is 0 Å². The van der Waals surface area contributed by atoms with Crippen LogP contribution in [0.3, 0.4) is 0 Å². The van der Waals surface area contributed by atoms with Crippen molar-refractivity contribution in [1.82, 2.24) is 15.3 Å². The van der Waals surface area contributed by atoms with Gasteiger partial charge in [-0.3, -0.25) is 0 Å². The van der Waals surface area contributed by atoms with Crippen molar-refractivity contribution in [2.75, 3.05) is 19.8 Å². The molecule has 104 valence electrons. The van der Waals surface area contributed by atoms with E-state index < -0.39 is 5.97 Å². The van der Waals surface area contributed by atoms with E-state index in [9.17, 15) is 4.79 Å². The summed E-state index contributed by atoms with van der Waals surface area (Å²) in [6.45, 7) is 5.44. The average Bonchev–Trinajstić information content (AvgIpc) is 2.89. The third kappa shape index (κ3) is 3.64. The summed E-state index contributed by atoms with van der Waals surface area (Å²) in [7, 11) is 0. The summed E-state index contributed by atoms with van der Waals surface area (Å²) in [4.78, 5) is 19.8. The van der Waals surface area contributed by atoms with Gasteiger partial charge in [0.2, 0.25) is 0 Å². The summed E-state index contributed by atoms with van der Waals surface area (Å²) < 4.78 is 10.4. The predicted octanol–water partition coefficient (Wildman–Crippen LogP) is 1.09. The Labute approximate surface area is 112 Å². The lowest BCUT2D eigenvalue weighted by atomic mass is 10.2. The predicted molar refractivity (Wildman–Crippen MR) is 69.2 cm³/mol. The van der Waals surface area contributed by atoms with E-state index in [4.69, 9.17) is 9.47 Å². The first kappa shape index (κ1) is 13.7. The molecule has 0 spiro atoms. The lowest BCUT2D eigenvalue weighted by Gasteiger charge is -2.11. The molecule has 1 fully saturated rings. The molecule has 0 bridgehead atoms. The molecule has 1 saturated heterocycles. The Balaban J connectivity index is 1.95. The number of rotatable bonds is 5. The number of esters is 1. The second-order valence-electron chi connectivity index (χ2n) is 4.48. The van der Waals surface area contributed by atoms with Crippen LogP contribution in [0.15, 0.2) is 6.20 Å². The molecule has 1 aromatic rings. The SMILES string of the molecule is CCOC(=O)c1cnc(OCC2CCCN2)nc1C. The maximum Gasteiger partial charge on any atom is 0.341 e. The third-order valence-electron chi connectivity index (χ3n) is 3.03. The Morgan fingerprint density at radius 1 is 1.58 bits per heavy atom.